The predicted molar refractivity (Wildman–Crippen MR) is 76.7 cm³/mol. The van der Waals surface area contributed by atoms with E-state index in [1.165, 1.54) is 0 Å². The Bertz CT molecular complexity index is 582. The van der Waals surface area contributed by atoms with Gasteiger partial charge in [-0.05, 0) is 12.1 Å². The van der Waals surface area contributed by atoms with Crippen molar-refractivity contribution in [2.75, 3.05) is 12.4 Å². The van der Waals surface area contributed by atoms with E-state index in [1.807, 2.05) is 24.3 Å². The minimum Gasteiger partial charge on any atom is -0.497 e. The fourth-order valence-electron chi connectivity index (χ4n) is 1.60. The van der Waals surface area contributed by atoms with Crippen molar-refractivity contribution in [2.45, 2.75) is 13.0 Å². The molecule has 0 bridgehead atoms. The molecule has 0 spiro atoms. The highest BCUT2D eigenvalue weighted by Crippen LogP contribution is 2.24. The molecule has 2 rings (SSSR count). The monoisotopic (exact) mass is 339 g/mol. The first kappa shape index (κ1) is 14.6. The van der Waals surface area contributed by atoms with Gasteiger partial charge in [-0.25, -0.2) is 0 Å². The van der Waals surface area contributed by atoms with E-state index >= 15 is 0 Å². The zero-order valence-corrected chi connectivity index (χ0v) is 12.6. The summed E-state index contributed by atoms with van der Waals surface area (Å²) < 4.78 is 15.4. The molecule has 0 unspecified atom stereocenters. The van der Waals surface area contributed by atoms with Crippen LogP contribution in [0.1, 0.15) is 12.1 Å². The Morgan fingerprint density at radius 3 is 3.00 bits per heavy atom. The van der Waals surface area contributed by atoms with Crippen LogP contribution in [-0.2, 0) is 16.1 Å². The zero-order valence-electron chi connectivity index (χ0n) is 11.0. The van der Waals surface area contributed by atoms with Gasteiger partial charge in [0.1, 0.15) is 18.1 Å². The Hall–Kier alpha value is -1.82. The van der Waals surface area contributed by atoms with E-state index < -0.39 is 0 Å². The van der Waals surface area contributed by atoms with Gasteiger partial charge >= 0.3 is 5.97 Å². The lowest BCUT2D eigenvalue weighted by molar-refractivity contribution is -0.144. The molecule has 106 valence electrons. The van der Waals surface area contributed by atoms with Gasteiger partial charge in [-0.1, -0.05) is 33.2 Å². The highest BCUT2D eigenvalue weighted by molar-refractivity contribution is 9.09. The maximum Gasteiger partial charge on any atom is 0.307 e. The highest BCUT2D eigenvalue weighted by atomic mass is 79.9. The van der Waals surface area contributed by atoms with Crippen LogP contribution in [0.25, 0.3) is 11.3 Å². The number of carbonyl (C=O) groups excluding carboxylic acids is 1. The molecule has 0 N–H and O–H groups in total. The summed E-state index contributed by atoms with van der Waals surface area (Å²) in [6.45, 7) is 0.110. The molecular weight excluding hydrogens is 326 g/mol. The fourth-order valence-corrected chi connectivity index (χ4v) is 1.92. The van der Waals surface area contributed by atoms with Crippen LogP contribution < -0.4 is 4.74 Å². The first-order valence-corrected chi connectivity index (χ1v) is 7.16. The molecule has 0 saturated carbocycles. The number of esters is 1. The molecule has 0 saturated heterocycles. The van der Waals surface area contributed by atoms with Gasteiger partial charge in [0.25, 0.3) is 0 Å². The van der Waals surface area contributed by atoms with Crippen molar-refractivity contribution in [3.8, 4) is 17.1 Å². The molecule has 0 fully saturated rings. The number of benzene rings is 1. The molecule has 20 heavy (non-hydrogen) atoms. The summed E-state index contributed by atoms with van der Waals surface area (Å²) in [5, 5.41) is 4.46. The summed E-state index contributed by atoms with van der Waals surface area (Å²) in [5.74, 6) is 1.08. The Morgan fingerprint density at radius 2 is 2.25 bits per heavy atom. The minimum atomic E-state index is -0.271. The van der Waals surface area contributed by atoms with Crippen molar-refractivity contribution < 1.29 is 18.8 Å². The molecule has 0 aliphatic rings. The van der Waals surface area contributed by atoms with Crippen LogP contribution in [0.15, 0.2) is 34.9 Å². The Kier molecular flexibility index (Phi) is 5.17. The summed E-state index contributed by atoms with van der Waals surface area (Å²) in [6, 6.07) is 9.20. The molecule has 0 radical (unpaired) electrons. The number of ether oxygens (including phenoxy) is 2. The molecule has 0 amide bonds. The average Bonchev–Trinajstić information content (AvgIpc) is 2.94. The first-order valence-electron chi connectivity index (χ1n) is 6.04. The van der Waals surface area contributed by atoms with Gasteiger partial charge in [-0.3, -0.25) is 4.79 Å². The lowest BCUT2D eigenvalue weighted by Crippen LogP contribution is -2.04. The molecule has 0 aliphatic carbocycles. The standard InChI is InChI=1S/C14H14BrNO4/c1-18-12-4-2-3-10(7-12)13-8-11(16-20-13)9-19-14(17)5-6-15/h2-4,7-8H,5-6,9H2,1H3. The number of hydrogen-bond donors (Lipinski definition) is 0. The van der Waals surface area contributed by atoms with Crippen LogP contribution in [0.4, 0.5) is 0 Å². The van der Waals surface area contributed by atoms with Gasteiger partial charge in [-0.2, -0.15) is 0 Å². The van der Waals surface area contributed by atoms with Crippen molar-refractivity contribution in [1.82, 2.24) is 5.16 Å². The third-order valence-electron chi connectivity index (χ3n) is 2.59. The van der Waals surface area contributed by atoms with E-state index in [4.69, 9.17) is 14.0 Å². The van der Waals surface area contributed by atoms with Crippen molar-refractivity contribution in [3.63, 3.8) is 0 Å². The van der Waals surface area contributed by atoms with Crippen molar-refractivity contribution in [3.05, 3.63) is 36.0 Å². The number of rotatable bonds is 6. The van der Waals surface area contributed by atoms with Gasteiger partial charge in [0.05, 0.1) is 13.5 Å². The molecule has 1 aromatic heterocycles. The number of halogens is 1. The second-order valence-corrected chi connectivity index (χ2v) is 4.81. The van der Waals surface area contributed by atoms with E-state index in [1.54, 1.807) is 13.2 Å². The summed E-state index contributed by atoms with van der Waals surface area (Å²) in [4.78, 5) is 11.2. The maximum atomic E-state index is 11.2. The summed E-state index contributed by atoms with van der Waals surface area (Å²) in [5.41, 5.74) is 1.43. The van der Waals surface area contributed by atoms with E-state index in [9.17, 15) is 4.79 Å². The maximum absolute atomic E-state index is 11.2. The van der Waals surface area contributed by atoms with Crippen molar-refractivity contribution in [2.24, 2.45) is 0 Å². The van der Waals surface area contributed by atoms with Crippen LogP contribution in [0.5, 0.6) is 5.75 Å². The quantitative estimate of drug-likeness (QED) is 0.597. The van der Waals surface area contributed by atoms with Gasteiger partial charge in [0, 0.05) is 17.0 Å². The van der Waals surface area contributed by atoms with Gasteiger partial charge in [-0.15, -0.1) is 0 Å². The molecular formula is C14H14BrNO4. The Labute approximate surface area is 125 Å². The fraction of sp³-hybridized carbons (Fsp3) is 0.286. The normalized spacial score (nSPS) is 10.3. The van der Waals surface area contributed by atoms with E-state index in [2.05, 4.69) is 21.1 Å². The van der Waals surface area contributed by atoms with Gasteiger partial charge in [0.2, 0.25) is 0 Å². The van der Waals surface area contributed by atoms with E-state index in [0.717, 1.165) is 11.3 Å². The lowest BCUT2D eigenvalue weighted by atomic mass is 10.1. The van der Waals surface area contributed by atoms with Crippen molar-refractivity contribution in [1.29, 1.82) is 0 Å². The molecule has 2 aromatic rings. The minimum absolute atomic E-state index is 0.110. The Balaban J connectivity index is 2.03. The van der Waals surface area contributed by atoms with Crippen LogP contribution >= 0.6 is 15.9 Å². The van der Waals surface area contributed by atoms with Gasteiger partial charge < -0.3 is 14.0 Å². The zero-order chi connectivity index (χ0) is 14.4. The summed E-state index contributed by atoms with van der Waals surface area (Å²) in [7, 11) is 1.61. The molecule has 0 atom stereocenters. The number of methoxy groups -OCH3 is 1. The molecule has 5 nitrogen and oxygen atoms in total. The largest absolute Gasteiger partial charge is 0.497 e. The van der Waals surface area contributed by atoms with E-state index in [0.29, 0.717) is 23.2 Å². The third kappa shape index (κ3) is 3.84. The molecule has 6 heteroatoms. The summed E-state index contributed by atoms with van der Waals surface area (Å²) >= 11 is 3.18. The topological polar surface area (TPSA) is 61.6 Å². The summed E-state index contributed by atoms with van der Waals surface area (Å²) in [6.07, 6.45) is 0.334. The predicted octanol–water partition coefficient (Wildman–Crippen LogP) is 3.18. The molecule has 1 aromatic carbocycles. The second kappa shape index (κ2) is 7.09. The van der Waals surface area contributed by atoms with Crippen LogP contribution in [0, 0.1) is 0 Å². The molecule has 1 heterocycles. The lowest BCUT2D eigenvalue weighted by Gasteiger charge is -2.00. The van der Waals surface area contributed by atoms with Crippen molar-refractivity contribution >= 4 is 21.9 Å². The number of carbonyl (C=O) groups is 1. The SMILES string of the molecule is COc1cccc(-c2cc(COC(=O)CCBr)no2)c1. The highest BCUT2D eigenvalue weighted by Gasteiger charge is 2.09. The molecule has 0 aliphatic heterocycles. The van der Waals surface area contributed by atoms with Crippen LogP contribution in [0.2, 0.25) is 0 Å². The third-order valence-corrected chi connectivity index (χ3v) is 2.99. The second-order valence-electron chi connectivity index (χ2n) is 4.01. The van der Waals surface area contributed by atoms with Crippen LogP contribution in [0.3, 0.4) is 0 Å². The number of hydrogen-bond acceptors (Lipinski definition) is 5. The first-order chi connectivity index (χ1) is 9.72. The number of aromatic nitrogens is 1. The Morgan fingerprint density at radius 1 is 1.40 bits per heavy atom. The van der Waals surface area contributed by atoms with Crippen LogP contribution in [-0.4, -0.2) is 23.6 Å². The van der Waals surface area contributed by atoms with Gasteiger partial charge in [0.15, 0.2) is 5.76 Å². The number of nitrogens with zero attached hydrogens (tertiary/aromatic N) is 1. The number of alkyl halides is 1. The van der Waals surface area contributed by atoms with E-state index in [-0.39, 0.29) is 12.6 Å². The smallest absolute Gasteiger partial charge is 0.307 e. The average molecular weight is 340 g/mol.